The Kier molecular flexibility index (Phi) is 2.68. The van der Waals surface area contributed by atoms with E-state index >= 15 is 0 Å². The molecular weight excluding hydrogens is 262 g/mol. The summed E-state index contributed by atoms with van der Waals surface area (Å²) in [6.07, 6.45) is 1.45. The Labute approximate surface area is 94.2 Å². The molecule has 0 aliphatic carbocycles. The molecule has 2 aromatic rings. The molecule has 0 fully saturated rings. The van der Waals surface area contributed by atoms with Crippen LogP contribution in [0.1, 0.15) is 17.4 Å². The first-order valence-electron chi connectivity index (χ1n) is 4.39. The molecule has 2 rings (SSSR count). The highest BCUT2D eigenvalue weighted by Crippen LogP contribution is 2.10. The van der Waals surface area contributed by atoms with Gasteiger partial charge in [0.25, 0.3) is 0 Å². The van der Waals surface area contributed by atoms with Crippen LogP contribution in [0.4, 0.5) is 0 Å². The van der Waals surface area contributed by atoms with Crippen molar-refractivity contribution in [2.75, 3.05) is 6.61 Å². The highest BCUT2D eigenvalue weighted by atomic mass is 79.9. The van der Waals surface area contributed by atoms with Crippen molar-refractivity contribution in [2.45, 2.75) is 6.92 Å². The molecule has 2 heterocycles. The third kappa shape index (κ3) is 1.85. The summed E-state index contributed by atoms with van der Waals surface area (Å²) in [4.78, 5) is 15.5. The largest absolute Gasteiger partial charge is 0.461 e. The normalized spacial score (nSPS) is 10.5. The average molecular weight is 270 g/mol. The summed E-state index contributed by atoms with van der Waals surface area (Å²) in [5.41, 5.74) is 0.939. The van der Waals surface area contributed by atoms with Gasteiger partial charge in [-0.15, -0.1) is 0 Å². The van der Waals surface area contributed by atoms with E-state index in [0.717, 1.165) is 0 Å². The van der Waals surface area contributed by atoms with E-state index in [0.29, 0.717) is 22.6 Å². The van der Waals surface area contributed by atoms with Gasteiger partial charge < -0.3 is 4.74 Å². The van der Waals surface area contributed by atoms with E-state index < -0.39 is 5.97 Å². The Morgan fingerprint density at radius 3 is 3.13 bits per heavy atom. The van der Waals surface area contributed by atoms with Gasteiger partial charge in [-0.3, -0.25) is 0 Å². The van der Waals surface area contributed by atoms with Crippen LogP contribution >= 0.6 is 15.9 Å². The first-order chi connectivity index (χ1) is 7.22. The number of carbonyl (C=O) groups excluding carboxylic acids is 1. The lowest BCUT2D eigenvalue weighted by Crippen LogP contribution is -2.09. The fourth-order valence-corrected chi connectivity index (χ4v) is 1.49. The molecule has 0 saturated heterocycles. The van der Waals surface area contributed by atoms with Crippen LogP contribution in [0.3, 0.4) is 0 Å². The van der Waals surface area contributed by atoms with Crippen molar-refractivity contribution in [3.05, 3.63) is 28.6 Å². The van der Waals surface area contributed by atoms with E-state index in [-0.39, 0.29) is 0 Å². The maximum absolute atomic E-state index is 11.5. The predicted octanol–water partition coefficient (Wildman–Crippen LogP) is 1.67. The first kappa shape index (κ1) is 10.1. The van der Waals surface area contributed by atoms with Gasteiger partial charge in [0.05, 0.1) is 12.8 Å². The highest BCUT2D eigenvalue weighted by Gasteiger charge is 2.13. The summed E-state index contributed by atoms with van der Waals surface area (Å²) in [7, 11) is 0. The molecule has 0 N–H and O–H groups in total. The number of carbonyl (C=O) groups is 1. The maximum Gasteiger partial charge on any atom is 0.358 e. The SMILES string of the molecule is CCOC(=O)c1cnc2ccc(Br)nn12. The van der Waals surface area contributed by atoms with Gasteiger partial charge in [0.1, 0.15) is 4.60 Å². The fourth-order valence-electron chi connectivity index (χ4n) is 1.20. The second kappa shape index (κ2) is 3.98. The van der Waals surface area contributed by atoms with Crippen molar-refractivity contribution in [3.8, 4) is 0 Å². The number of nitrogens with zero attached hydrogens (tertiary/aromatic N) is 3. The lowest BCUT2D eigenvalue weighted by atomic mass is 10.5. The van der Waals surface area contributed by atoms with E-state index in [9.17, 15) is 4.79 Å². The summed E-state index contributed by atoms with van der Waals surface area (Å²) in [6.45, 7) is 2.09. The zero-order valence-corrected chi connectivity index (χ0v) is 9.56. The van der Waals surface area contributed by atoms with Gasteiger partial charge in [-0.05, 0) is 35.0 Å². The molecule has 0 atom stereocenters. The minimum atomic E-state index is -0.421. The zero-order valence-electron chi connectivity index (χ0n) is 7.98. The van der Waals surface area contributed by atoms with Crippen LogP contribution in [0.25, 0.3) is 5.65 Å². The smallest absolute Gasteiger partial charge is 0.358 e. The minimum absolute atomic E-state index is 0.327. The van der Waals surface area contributed by atoms with Crippen LogP contribution in [0.15, 0.2) is 22.9 Å². The maximum atomic E-state index is 11.5. The van der Waals surface area contributed by atoms with E-state index in [4.69, 9.17) is 4.74 Å². The van der Waals surface area contributed by atoms with Crippen molar-refractivity contribution in [1.82, 2.24) is 14.6 Å². The number of aromatic nitrogens is 3. The second-order valence-electron chi connectivity index (χ2n) is 2.79. The van der Waals surface area contributed by atoms with E-state index in [1.807, 2.05) is 0 Å². The molecule has 0 aliphatic rings. The molecule has 0 radical (unpaired) electrons. The third-order valence-corrected chi connectivity index (χ3v) is 2.24. The van der Waals surface area contributed by atoms with Crippen LogP contribution < -0.4 is 0 Å². The predicted molar refractivity (Wildman–Crippen MR) is 56.6 cm³/mol. The van der Waals surface area contributed by atoms with Gasteiger partial charge >= 0.3 is 5.97 Å². The summed E-state index contributed by atoms with van der Waals surface area (Å²) in [5, 5.41) is 4.11. The molecule has 0 unspecified atom stereocenters. The number of hydrogen-bond acceptors (Lipinski definition) is 4. The third-order valence-electron chi connectivity index (χ3n) is 1.81. The van der Waals surface area contributed by atoms with E-state index in [1.54, 1.807) is 19.1 Å². The number of rotatable bonds is 2. The molecule has 0 spiro atoms. The standard InChI is InChI=1S/C9H8BrN3O2/c1-2-15-9(14)6-5-11-8-4-3-7(10)12-13(6)8/h3-5H,2H2,1H3. The van der Waals surface area contributed by atoms with Crippen molar-refractivity contribution in [2.24, 2.45) is 0 Å². The minimum Gasteiger partial charge on any atom is -0.461 e. The van der Waals surface area contributed by atoms with Gasteiger partial charge in [0, 0.05) is 0 Å². The molecular formula is C9H8BrN3O2. The Bertz CT molecular complexity index is 509. The Morgan fingerprint density at radius 2 is 2.40 bits per heavy atom. The number of imidazole rings is 1. The Hall–Kier alpha value is -1.43. The first-order valence-corrected chi connectivity index (χ1v) is 5.19. The molecule has 78 valence electrons. The van der Waals surface area contributed by atoms with Crippen molar-refractivity contribution < 1.29 is 9.53 Å². The van der Waals surface area contributed by atoms with Crippen molar-refractivity contribution in [1.29, 1.82) is 0 Å². The summed E-state index contributed by atoms with van der Waals surface area (Å²) >= 11 is 3.23. The van der Waals surface area contributed by atoms with Crippen molar-refractivity contribution in [3.63, 3.8) is 0 Å². The van der Waals surface area contributed by atoms with Gasteiger partial charge in [-0.25, -0.2) is 14.3 Å². The van der Waals surface area contributed by atoms with Crippen LogP contribution in [0, 0.1) is 0 Å². The number of fused-ring (bicyclic) bond motifs is 1. The number of hydrogen-bond donors (Lipinski definition) is 0. The molecule has 0 amide bonds. The highest BCUT2D eigenvalue weighted by molar-refractivity contribution is 9.10. The van der Waals surface area contributed by atoms with Gasteiger partial charge in [0.15, 0.2) is 11.3 Å². The second-order valence-corrected chi connectivity index (χ2v) is 3.60. The van der Waals surface area contributed by atoms with E-state index in [1.165, 1.54) is 10.7 Å². The lowest BCUT2D eigenvalue weighted by Gasteiger charge is -2.00. The molecule has 2 aromatic heterocycles. The number of esters is 1. The quantitative estimate of drug-likeness (QED) is 0.779. The summed E-state index contributed by atoms with van der Waals surface area (Å²) in [5.74, 6) is -0.421. The van der Waals surface area contributed by atoms with E-state index in [2.05, 4.69) is 26.0 Å². The van der Waals surface area contributed by atoms with Crippen LogP contribution in [-0.4, -0.2) is 27.2 Å². The molecule has 0 aromatic carbocycles. The topological polar surface area (TPSA) is 56.5 Å². The number of ether oxygens (including phenoxy) is 1. The molecule has 0 saturated carbocycles. The van der Waals surface area contributed by atoms with Crippen LogP contribution in [-0.2, 0) is 4.74 Å². The van der Waals surface area contributed by atoms with Crippen LogP contribution in [0.5, 0.6) is 0 Å². The summed E-state index contributed by atoms with van der Waals surface area (Å²) < 4.78 is 6.96. The Morgan fingerprint density at radius 1 is 1.60 bits per heavy atom. The van der Waals surface area contributed by atoms with Gasteiger partial charge in [0.2, 0.25) is 0 Å². The molecule has 6 heteroatoms. The Balaban J connectivity index is 2.52. The molecule has 0 aliphatic heterocycles. The van der Waals surface area contributed by atoms with Gasteiger partial charge in [-0.2, -0.15) is 5.10 Å². The van der Waals surface area contributed by atoms with Crippen molar-refractivity contribution >= 4 is 27.5 Å². The average Bonchev–Trinajstić information content (AvgIpc) is 2.60. The fraction of sp³-hybridized carbons (Fsp3) is 0.222. The number of halogens is 1. The molecule has 5 nitrogen and oxygen atoms in total. The van der Waals surface area contributed by atoms with Crippen LogP contribution in [0.2, 0.25) is 0 Å². The molecule has 15 heavy (non-hydrogen) atoms. The van der Waals surface area contributed by atoms with Gasteiger partial charge in [-0.1, -0.05) is 0 Å². The summed E-state index contributed by atoms with van der Waals surface area (Å²) in [6, 6.07) is 3.52. The molecule has 0 bridgehead atoms. The lowest BCUT2D eigenvalue weighted by molar-refractivity contribution is 0.0516. The zero-order chi connectivity index (χ0) is 10.8. The monoisotopic (exact) mass is 269 g/mol.